The molecule has 2 N–H and O–H groups in total. The average molecular weight is 271 g/mol. The van der Waals surface area contributed by atoms with Gasteiger partial charge in [-0.2, -0.15) is 0 Å². The Hall–Kier alpha value is -2.33. The summed E-state index contributed by atoms with van der Waals surface area (Å²) in [6.07, 6.45) is 0.426. The van der Waals surface area contributed by atoms with E-state index in [1.54, 1.807) is 31.4 Å². The smallest absolute Gasteiger partial charge is 0.328 e. The maximum absolute atomic E-state index is 11.9. The Morgan fingerprint density at radius 2 is 1.70 bits per heavy atom. The van der Waals surface area contributed by atoms with Crippen LogP contribution in [-0.4, -0.2) is 19.1 Å². The molecule has 0 saturated heterocycles. The van der Waals surface area contributed by atoms with Crippen molar-refractivity contribution in [2.45, 2.75) is 12.5 Å². The van der Waals surface area contributed by atoms with Crippen LogP contribution in [0.5, 0.6) is 11.5 Å². The van der Waals surface area contributed by atoms with Crippen molar-refractivity contribution in [2.24, 2.45) is 5.73 Å². The zero-order chi connectivity index (χ0) is 14.4. The molecule has 0 radical (unpaired) electrons. The van der Waals surface area contributed by atoms with Crippen LogP contribution in [0.15, 0.2) is 54.6 Å². The van der Waals surface area contributed by atoms with Crippen molar-refractivity contribution in [3.63, 3.8) is 0 Å². The van der Waals surface area contributed by atoms with E-state index in [2.05, 4.69) is 0 Å². The summed E-state index contributed by atoms with van der Waals surface area (Å²) in [6.45, 7) is 0. The first-order valence-corrected chi connectivity index (χ1v) is 6.34. The van der Waals surface area contributed by atoms with Gasteiger partial charge in [0.1, 0.15) is 17.5 Å². The van der Waals surface area contributed by atoms with Gasteiger partial charge in [0.05, 0.1) is 7.11 Å². The van der Waals surface area contributed by atoms with Crippen molar-refractivity contribution in [3.8, 4) is 11.5 Å². The summed E-state index contributed by atoms with van der Waals surface area (Å²) in [6, 6.07) is 15.7. The van der Waals surface area contributed by atoms with Crippen LogP contribution in [0.3, 0.4) is 0 Å². The van der Waals surface area contributed by atoms with Crippen LogP contribution in [0.2, 0.25) is 0 Å². The molecular formula is C16H17NO3. The third-order valence-electron chi connectivity index (χ3n) is 2.88. The quantitative estimate of drug-likeness (QED) is 0.668. The molecule has 0 saturated carbocycles. The van der Waals surface area contributed by atoms with Crippen LogP contribution in [0, 0.1) is 0 Å². The Morgan fingerprint density at radius 1 is 1.05 bits per heavy atom. The molecule has 0 aliphatic rings. The van der Waals surface area contributed by atoms with Crippen molar-refractivity contribution < 1.29 is 14.3 Å². The van der Waals surface area contributed by atoms with E-state index in [1.807, 2.05) is 30.3 Å². The maximum Gasteiger partial charge on any atom is 0.328 e. The van der Waals surface area contributed by atoms with E-state index >= 15 is 0 Å². The number of rotatable bonds is 5. The summed E-state index contributed by atoms with van der Waals surface area (Å²) in [7, 11) is 1.61. The van der Waals surface area contributed by atoms with Gasteiger partial charge in [0.15, 0.2) is 0 Å². The lowest BCUT2D eigenvalue weighted by molar-refractivity contribution is -0.135. The molecule has 1 atom stereocenters. The van der Waals surface area contributed by atoms with Crippen LogP contribution in [-0.2, 0) is 11.2 Å². The minimum absolute atomic E-state index is 0.426. The number of nitrogens with two attached hydrogens (primary N) is 1. The van der Waals surface area contributed by atoms with Crippen LogP contribution in [0.25, 0.3) is 0 Å². The lowest BCUT2D eigenvalue weighted by atomic mass is 10.1. The Labute approximate surface area is 118 Å². The molecule has 2 aromatic carbocycles. The number of hydrogen-bond acceptors (Lipinski definition) is 4. The standard InChI is InChI=1S/C16H17NO3/c1-19-13-9-7-12(8-10-13)11-15(17)16(18)20-14-5-3-2-4-6-14/h2-10,15H,11,17H2,1H3/t15-/m0/s1. The fourth-order valence-corrected chi connectivity index (χ4v) is 1.78. The molecule has 0 unspecified atom stereocenters. The number of carbonyl (C=O) groups is 1. The molecule has 0 amide bonds. The first-order valence-electron chi connectivity index (χ1n) is 6.34. The fourth-order valence-electron chi connectivity index (χ4n) is 1.78. The molecule has 0 aliphatic carbocycles. The molecule has 104 valence electrons. The Kier molecular flexibility index (Phi) is 4.74. The zero-order valence-corrected chi connectivity index (χ0v) is 11.3. The number of hydrogen-bond donors (Lipinski definition) is 1. The molecule has 2 aromatic rings. The molecule has 0 heterocycles. The lowest BCUT2D eigenvalue weighted by Gasteiger charge is -2.11. The van der Waals surface area contributed by atoms with Crippen LogP contribution in [0.4, 0.5) is 0 Å². The van der Waals surface area contributed by atoms with Crippen molar-refractivity contribution in [2.75, 3.05) is 7.11 Å². The minimum atomic E-state index is -0.691. The number of benzene rings is 2. The van der Waals surface area contributed by atoms with Crippen molar-refractivity contribution in [1.29, 1.82) is 0 Å². The van der Waals surface area contributed by atoms with Crippen LogP contribution >= 0.6 is 0 Å². The number of carbonyl (C=O) groups excluding carboxylic acids is 1. The molecule has 2 rings (SSSR count). The second-order valence-corrected chi connectivity index (χ2v) is 4.39. The second-order valence-electron chi connectivity index (χ2n) is 4.39. The van der Waals surface area contributed by atoms with E-state index in [1.165, 1.54) is 0 Å². The van der Waals surface area contributed by atoms with E-state index in [9.17, 15) is 4.79 Å². The van der Waals surface area contributed by atoms with Gasteiger partial charge in [0.2, 0.25) is 0 Å². The maximum atomic E-state index is 11.9. The van der Waals surface area contributed by atoms with Crippen molar-refractivity contribution in [1.82, 2.24) is 0 Å². The Balaban J connectivity index is 1.93. The molecule has 0 bridgehead atoms. The molecule has 0 fully saturated rings. The van der Waals surface area contributed by atoms with Crippen molar-refractivity contribution in [3.05, 3.63) is 60.2 Å². The van der Waals surface area contributed by atoms with Crippen LogP contribution < -0.4 is 15.2 Å². The third-order valence-corrected chi connectivity index (χ3v) is 2.88. The van der Waals surface area contributed by atoms with E-state index in [4.69, 9.17) is 15.2 Å². The van der Waals surface area contributed by atoms with E-state index in [0.29, 0.717) is 12.2 Å². The minimum Gasteiger partial charge on any atom is -0.497 e. The first kappa shape index (κ1) is 14.1. The predicted octanol–water partition coefficient (Wildman–Crippen LogP) is 2.17. The molecule has 4 heteroatoms. The molecular weight excluding hydrogens is 254 g/mol. The SMILES string of the molecule is COc1ccc(C[C@H](N)C(=O)Oc2ccccc2)cc1. The highest BCUT2D eigenvalue weighted by Gasteiger charge is 2.16. The molecule has 0 aromatic heterocycles. The van der Waals surface area contributed by atoms with Gasteiger partial charge in [-0.3, -0.25) is 0 Å². The largest absolute Gasteiger partial charge is 0.497 e. The lowest BCUT2D eigenvalue weighted by Crippen LogP contribution is -2.36. The van der Waals surface area contributed by atoms with E-state index in [-0.39, 0.29) is 0 Å². The summed E-state index contributed by atoms with van der Waals surface area (Å²) < 4.78 is 10.3. The number of ether oxygens (including phenoxy) is 2. The summed E-state index contributed by atoms with van der Waals surface area (Å²) >= 11 is 0. The summed E-state index contributed by atoms with van der Waals surface area (Å²) in [4.78, 5) is 11.9. The van der Waals surface area contributed by atoms with Gasteiger partial charge in [-0.25, -0.2) is 4.79 Å². The predicted molar refractivity (Wildman–Crippen MR) is 76.8 cm³/mol. The van der Waals surface area contributed by atoms with Gasteiger partial charge < -0.3 is 15.2 Å². The topological polar surface area (TPSA) is 61.5 Å². The monoisotopic (exact) mass is 271 g/mol. The van der Waals surface area contributed by atoms with Crippen molar-refractivity contribution >= 4 is 5.97 Å². The Morgan fingerprint density at radius 3 is 2.30 bits per heavy atom. The normalized spacial score (nSPS) is 11.7. The van der Waals surface area contributed by atoms with Gasteiger partial charge >= 0.3 is 5.97 Å². The Bertz CT molecular complexity index is 552. The number of esters is 1. The van der Waals surface area contributed by atoms with Crippen LogP contribution in [0.1, 0.15) is 5.56 Å². The highest BCUT2D eigenvalue weighted by Crippen LogP contribution is 2.14. The van der Waals surface area contributed by atoms with Gasteiger partial charge in [-0.05, 0) is 36.2 Å². The van der Waals surface area contributed by atoms with Gasteiger partial charge in [0.25, 0.3) is 0 Å². The van der Waals surface area contributed by atoms with E-state index in [0.717, 1.165) is 11.3 Å². The average Bonchev–Trinajstić information content (AvgIpc) is 2.49. The second kappa shape index (κ2) is 6.73. The molecule has 20 heavy (non-hydrogen) atoms. The highest BCUT2D eigenvalue weighted by atomic mass is 16.5. The summed E-state index contributed by atoms with van der Waals surface area (Å²) in [5, 5.41) is 0. The molecule has 0 aliphatic heterocycles. The number of methoxy groups -OCH3 is 1. The summed E-state index contributed by atoms with van der Waals surface area (Å²) in [5.41, 5.74) is 6.82. The zero-order valence-electron chi connectivity index (χ0n) is 11.3. The van der Waals surface area contributed by atoms with Gasteiger partial charge in [-0.15, -0.1) is 0 Å². The molecule has 0 spiro atoms. The number of para-hydroxylation sites is 1. The third kappa shape index (κ3) is 3.83. The highest BCUT2D eigenvalue weighted by molar-refractivity contribution is 5.78. The fraction of sp³-hybridized carbons (Fsp3) is 0.188. The first-order chi connectivity index (χ1) is 9.69. The summed E-state index contributed by atoms with van der Waals surface area (Å²) in [5.74, 6) is 0.837. The van der Waals surface area contributed by atoms with Gasteiger partial charge in [-0.1, -0.05) is 30.3 Å². The molecule has 4 nitrogen and oxygen atoms in total. The van der Waals surface area contributed by atoms with E-state index < -0.39 is 12.0 Å². The van der Waals surface area contributed by atoms with Gasteiger partial charge in [0, 0.05) is 0 Å².